The highest BCUT2D eigenvalue weighted by atomic mass is 17.2. The number of rotatable bonds is 3. The van der Waals surface area contributed by atoms with Crippen LogP contribution in [0.4, 0.5) is 0 Å². The van der Waals surface area contributed by atoms with E-state index >= 15 is 0 Å². The lowest BCUT2D eigenvalue weighted by Crippen LogP contribution is -2.48. The van der Waals surface area contributed by atoms with Crippen LogP contribution in [0.15, 0.2) is 30.8 Å². The highest BCUT2D eigenvalue weighted by Gasteiger charge is 2.56. The van der Waals surface area contributed by atoms with Crippen LogP contribution >= 0.6 is 0 Å². The van der Waals surface area contributed by atoms with Gasteiger partial charge in [0.2, 0.25) is 5.79 Å². The predicted octanol–water partition coefficient (Wildman–Crippen LogP) is 6.39. The van der Waals surface area contributed by atoms with Crippen molar-refractivity contribution in [2.45, 2.75) is 88.4 Å². The third kappa shape index (κ3) is 3.58. The topological polar surface area (TPSA) is 27.7 Å². The average Bonchev–Trinajstić information content (AvgIpc) is 3.29. The molecule has 4 unspecified atom stereocenters. The Morgan fingerprint density at radius 3 is 2.29 bits per heavy atom. The summed E-state index contributed by atoms with van der Waals surface area (Å²) >= 11 is 0. The minimum absolute atomic E-state index is 0.211. The summed E-state index contributed by atoms with van der Waals surface area (Å²) in [6, 6.07) is 9.02. The first-order valence-electron chi connectivity index (χ1n) is 11.5. The SMILES string of the molecule is C=C(c1ccc(C2CCCCCCC2)cc1)C1COC2(CC3CCC2C3)OO1. The van der Waals surface area contributed by atoms with Gasteiger partial charge in [-0.05, 0) is 60.6 Å². The van der Waals surface area contributed by atoms with E-state index in [4.69, 9.17) is 14.5 Å². The highest BCUT2D eigenvalue weighted by Crippen LogP contribution is 2.54. The Labute approximate surface area is 169 Å². The highest BCUT2D eigenvalue weighted by molar-refractivity contribution is 5.67. The molecule has 28 heavy (non-hydrogen) atoms. The molecule has 4 atom stereocenters. The molecule has 1 heterocycles. The Morgan fingerprint density at radius 1 is 0.929 bits per heavy atom. The van der Waals surface area contributed by atoms with Crippen LogP contribution in [0.5, 0.6) is 0 Å². The quantitative estimate of drug-likeness (QED) is 0.567. The molecule has 2 bridgehead atoms. The van der Waals surface area contributed by atoms with E-state index in [0.29, 0.717) is 12.5 Å². The molecule has 3 saturated carbocycles. The molecule has 3 aliphatic carbocycles. The second-order valence-corrected chi connectivity index (χ2v) is 9.56. The first-order valence-corrected chi connectivity index (χ1v) is 11.5. The first-order chi connectivity index (χ1) is 13.7. The molecule has 1 aromatic carbocycles. The number of fused-ring (bicyclic) bond motifs is 3. The summed E-state index contributed by atoms with van der Waals surface area (Å²) in [6.45, 7) is 4.84. The maximum Gasteiger partial charge on any atom is 0.204 e. The molecule has 1 aliphatic heterocycles. The largest absolute Gasteiger partial charge is 0.344 e. The fourth-order valence-corrected chi connectivity index (χ4v) is 6.02. The van der Waals surface area contributed by atoms with Crippen LogP contribution in [0, 0.1) is 11.8 Å². The van der Waals surface area contributed by atoms with Crippen molar-refractivity contribution in [3.05, 3.63) is 42.0 Å². The van der Waals surface area contributed by atoms with E-state index in [0.717, 1.165) is 29.4 Å². The average molecular weight is 383 g/mol. The lowest BCUT2D eigenvalue weighted by atomic mass is 9.85. The predicted molar refractivity (Wildman–Crippen MR) is 111 cm³/mol. The molecule has 0 N–H and O–H groups in total. The lowest BCUT2D eigenvalue weighted by molar-refractivity contribution is -0.488. The van der Waals surface area contributed by atoms with E-state index in [1.807, 2.05) is 0 Å². The van der Waals surface area contributed by atoms with Gasteiger partial charge in [-0.25, -0.2) is 9.78 Å². The molecule has 152 valence electrons. The van der Waals surface area contributed by atoms with Crippen molar-refractivity contribution in [2.24, 2.45) is 11.8 Å². The number of benzene rings is 1. The fraction of sp³-hybridized carbons (Fsp3) is 0.680. The molecule has 1 spiro atoms. The van der Waals surface area contributed by atoms with E-state index in [1.165, 1.54) is 69.8 Å². The summed E-state index contributed by atoms with van der Waals surface area (Å²) in [5.74, 6) is 1.52. The van der Waals surface area contributed by atoms with E-state index in [9.17, 15) is 0 Å². The van der Waals surface area contributed by atoms with Gasteiger partial charge in [0.1, 0.15) is 6.10 Å². The molecule has 3 heteroatoms. The van der Waals surface area contributed by atoms with Gasteiger partial charge in [0, 0.05) is 12.3 Å². The van der Waals surface area contributed by atoms with E-state index in [1.54, 1.807) is 0 Å². The number of ether oxygens (including phenoxy) is 1. The molecule has 4 aliphatic rings. The van der Waals surface area contributed by atoms with Gasteiger partial charge >= 0.3 is 0 Å². The Morgan fingerprint density at radius 2 is 1.68 bits per heavy atom. The minimum atomic E-state index is -0.470. The Hall–Kier alpha value is -1.16. The van der Waals surface area contributed by atoms with Crippen molar-refractivity contribution in [1.29, 1.82) is 0 Å². The maximum atomic E-state index is 6.25. The van der Waals surface area contributed by atoms with Gasteiger partial charge in [0.25, 0.3) is 0 Å². The smallest absolute Gasteiger partial charge is 0.204 e. The molecule has 3 nitrogen and oxygen atoms in total. The van der Waals surface area contributed by atoms with Gasteiger partial charge in [-0.15, -0.1) is 0 Å². The summed E-state index contributed by atoms with van der Waals surface area (Å²) in [7, 11) is 0. The fourth-order valence-electron chi connectivity index (χ4n) is 6.02. The van der Waals surface area contributed by atoms with E-state index in [-0.39, 0.29) is 6.10 Å². The second-order valence-electron chi connectivity index (χ2n) is 9.56. The van der Waals surface area contributed by atoms with Crippen LogP contribution < -0.4 is 0 Å². The standard InChI is InChI=1S/C25H34O3/c1-18(24-17-26-25(28-27-24)16-19-9-14-23(25)15-19)20-10-12-22(13-11-20)21-7-5-3-2-4-6-8-21/h10-13,19,21,23-24H,1-9,14-17H2. The van der Waals surface area contributed by atoms with Gasteiger partial charge in [-0.3, -0.25) is 0 Å². The van der Waals surface area contributed by atoms with Gasteiger partial charge < -0.3 is 4.74 Å². The molecule has 0 aromatic heterocycles. The van der Waals surface area contributed by atoms with Crippen molar-refractivity contribution in [2.75, 3.05) is 6.61 Å². The van der Waals surface area contributed by atoms with Crippen LogP contribution in [0.1, 0.15) is 87.7 Å². The normalized spacial score (nSPS) is 36.4. The Balaban J connectivity index is 1.20. The Kier molecular flexibility index (Phi) is 5.34. The summed E-state index contributed by atoms with van der Waals surface area (Å²) in [5.41, 5.74) is 3.58. The summed E-state index contributed by atoms with van der Waals surface area (Å²) in [6.07, 6.45) is 14.2. The van der Waals surface area contributed by atoms with Crippen molar-refractivity contribution in [1.82, 2.24) is 0 Å². The van der Waals surface area contributed by atoms with Crippen molar-refractivity contribution in [3.8, 4) is 0 Å². The zero-order valence-corrected chi connectivity index (χ0v) is 17.0. The zero-order valence-electron chi connectivity index (χ0n) is 17.0. The lowest BCUT2D eigenvalue weighted by Gasteiger charge is -2.41. The van der Waals surface area contributed by atoms with Crippen LogP contribution in [0.25, 0.3) is 5.57 Å². The second kappa shape index (κ2) is 7.93. The molecular formula is C25H34O3. The molecular weight excluding hydrogens is 348 g/mol. The monoisotopic (exact) mass is 382 g/mol. The van der Waals surface area contributed by atoms with Gasteiger partial charge in [-0.2, -0.15) is 0 Å². The zero-order chi connectivity index (χ0) is 19.0. The number of hydrogen-bond donors (Lipinski definition) is 0. The molecule has 1 saturated heterocycles. The first kappa shape index (κ1) is 18.8. The van der Waals surface area contributed by atoms with Gasteiger partial charge in [-0.1, -0.05) is 62.9 Å². The summed E-state index contributed by atoms with van der Waals surface area (Å²) in [4.78, 5) is 11.7. The number of hydrogen-bond acceptors (Lipinski definition) is 3. The maximum absolute atomic E-state index is 6.25. The van der Waals surface area contributed by atoms with Gasteiger partial charge in [0.05, 0.1) is 6.61 Å². The third-order valence-electron chi connectivity index (χ3n) is 7.77. The molecule has 0 amide bonds. The summed E-state index contributed by atoms with van der Waals surface area (Å²) < 4.78 is 6.25. The minimum Gasteiger partial charge on any atom is -0.344 e. The van der Waals surface area contributed by atoms with Crippen molar-refractivity contribution in [3.63, 3.8) is 0 Å². The van der Waals surface area contributed by atoms with E-state index < -0.39 is 5.79 Å². The molecule has 1 aromatic rings. The van der Waals surface area contributed by atoms with Crippen LogP contribution in [-0.2, 0) is 14.5 Å². The van der Waals surface area contributed by atoms with E-state index in [2.05, 4.69) is 30.8 Å². The molecule has 4 fully saturated rings. The molecule has 0 radical (unpaired) electrons. The van der Waals surface area contributed by atoms with Gasteiger partial charge in [0.15, 0.2) is 0 Å². The summed E-state index contributed by atoms with van der Waals surface area (Å²) in [5, 5.41) is 0. The van der Waals surface area contributed by atoms with Crippen molar-refractivity contribution < 1.29 is 14.5 Å². The Bertz CT molecular complexity index is 678. The van der Waals surface area contributed by atoms with Crippen molar-refractivity contribution >= 4 is 5.57 Å². The third-order valence-corrected chi connectivity index (χ3v) is 7.77. The van der Waals surface area contributed by atoms with Crippen LogP contribution in [0.3, 0.4) is 0 Å². The van der Waals surface area contributed by atoms with Crippen LogP contribution in [0.2, 0.25) is 0 Å². The van der Waals surface area contributed by atoms with Crippen LogP contribution in [-0.4, -0.2) is 18.5 Å². The molecule has 5 rings (SSSR count).